The molecule has 0 saturated carbocycles. The molecule has 0 amide bonds. The molecule has 0 rings (SSSR count). The zero-order valence-corrected chi connectivity index (χ0v) is 9.40. The van der Waals surface area contributed by atoms with Gasteiger partial charge in [-0.2, -0.15) is 0 Å². The molecule has 0 aromatic rings. The number of rotatable bonds is 6. The van der Waals surface area contributed by atoms with E-state index in [1.165, 1.54) is 0 Å². The first-order valence-corrected chi connectivity index (χ1v) is 5.62. The van der Waals surface area contributed by atoms with Crippen molar-refractivity contribution in [2.75, 3.05) is 5.33 Å². The maximum atomic E-state index is 10.1. The highest BCUT2D eigenvalue weighted by Crippen LogP contribution is 2.12. The SMILES string of the molecule is O=C(O)CCCCC(Br)CBr. The summed E-state index contributed by atoms with van der Waals surface area (Å²) in [6.45, 7) is 0. The van der Waals surface area contributed by atoms with Crippen LogP contribution in [0.3, 0.4) is 0 Å². The first-order valence-electron chi connectivity index (χ1n) is 3.58. The van der Waals surface area contributed by atoms with Crippen LogP contribution in [-0.2, 0) is 4.79 Å². The van der Waals surface area contributed by atoms with Gasteiger partial charge in [0.1, 0.15) is 0 Å². The Hall–Kier alpha value is 0.430. The summed E-state index contributed by atoms with van der Waals surface area (Å²) in [6.07, 6.45) is 3.10. The predicted molar refractivity (Wildman–Crippen MR) is 52.6 cm³/mol. The second kappa shape index (κ2) is 7.10. The number of carboxylic acid groups (broad SMARTS) is 1. The van der Waals surface area contributed by atoms with Crippen LogP contribution < -0.4 is 0 Å². The second-order valence-electron chi connectivity index (χ2n) is 2.39. The van der Waals surface area contributed by atoms with Crippen LogP contribution in [0.4, 0.5) is 0 Å². The van der Waals surface area contributed by atoms with Crippen molar-refractivity contribution in [3.63, 3.8) is 0 Å². The molecule has 0 aromatic heterocycles. The maximum Gasteiger partial charge on any atom is 0.303 e. The molecule has 1 N–H and O–H groups in total. The summed E-state index contributed by atoms with van der Waals surface area (Å²) in [6, 6.07) is 0. The van der Waals surface area contributed by atoms with Gasteiger partial charge in [-0.25, -0.2) is 0 Å². The van der Waals surface area contributed by atoms with Crippen molar-refractivity contribution in [3.8, 4) is 0 Å². The number of hydrogen-bond donors (Lipinski definition) is 1. The minimum absolute atomic E-state index is 0.294. The van der Waals surface area contributed by atoms with Crippen LogP contribution in [0.25, 0.3) is 0 Å². The lowest BCUT2D eigenvalue weighted by Gasteiger charge is -2.03. The zero-order valence-electron chi connectivity index (χ0n) is 6.22. The molecule has 0 aliphatic heterocycles. The summed E-state index contributed by atoms with van der Waals surface area (Å²) in [7, 11) is 0. The highest BCUT2D eigenvalue weighted by atomic mass is 79.9. The van der Waals surface area contributed by atoms with Crippen molar-refractivity contribution in [2.45, 2.75) is 30.5 Å². The number of unbranched alkanes of at least 4 members (excludes halogenated alkanes) is 1. The van der Waals surface area contributed by atoms with E-state index in [4.69, 9.17) is 5.11 Å². The number of carbonyl (C=O) groups is 1. The molecule has 4 heteroatoms. The predicted octanol–water partition coefficient (Wildman–Crippen LogP) is 2.79. The Kier molecular flexibility index (Phi) is 7.38. The zero-order chi connectivity index (χ0) is 8.69. The van der Waals surface area contributed by atoms with E-state index in [-0.39, 0.29) is 0 Å². The summed E-state index contributed by atoms with van der Waals surface area (Å²) in [5.41, 5.74) is 0. The van der Waals surface area contributed by atoms with Crippen molar-refractivity contribution in [2.24, 2.45) is 0 Å². The monoisotopic (exact) mass is 286 g/mol. The molecule has 0 aliphatic carbocycles. The van der Waals surface area contributed by atoms with E-state index in [1.54, 1.807) is 0 Å². The Bertz CT molecular complexity index is 117. The van der Waals surface area contributed by atoms with Crippen LogP contribution in [-0.4, -0.2) is 21.2 Å². The molecule has 2 nitrogen and oxygen atoms in total. The Morgan fingerprint density at radius 1 is 1.45 bits per heavy atom. The van der Waals surface area contributed by atoms with Gasteiger partial charge in [0, 0.05) is 16.6 Å². The fourth-order valence-corrected chi connectivity index (χ4v) is 1.37. The molecule has 0 saturated heterocycles. The van der Waals surface area contributed by atoms with Crippen molar-refractivity contribution in [3.05, 3.63) is 0 Å². The highest BCUT2D eigenvalue weighted by molar-refractivity contribution is 9.12. The molecule has 0 spiro atoms. The van der Waals surface area contributed by atoms with E-state index in [1.807, 2.05) is 0 Å². The van der Waals surface area contributed by atoms with Crippen LogP contribution in [0.1, 0.15) is 25.7 Å². The molecule has 0 heterocycles. The third-order valence-corrected chi connectivity index (χ3v) is 3.76. The minimum atomic E-state index is -0.699. The normalized spacial score (nSPS) is 12.9. The molecule has 0 radical (unpaired) electrons. The molecule has 1 unspecified atom stereocenters. The van der Waals surface area contributed by atoms with Gasteiger partial charge < -0.3 is 5.11 Å². The molecule has 0 aromatic carbocycles. The average molecular weight is 288 g/mol. The summed E-state index contributed by atoms with van der Waals surface area (Å²) >= 11 is 6.78. The van der Waals surface area contributed by atoms with Crippen molar-refractivity contribution < 1.29 is 9.90 Å². The first kappa shape index (κ1) is 11.4. The van der Waals surface area contributed by atoms with Gasteiger partial charge in [-0.15, -0.1) is 0 Å². The van der Waals surface area contributed by atoms with Gasteiger partial charge in [0.25, 0.3) is 0 Å². The number of alkyl halides is 2. The third kappa shape index (κ3) is 8.34. The number of halogens is 2. The van der Waals surface area contributed by atoms with Gasteiger partial charge in [0.05, 0.1) is 0 Å². The van der Waals surface area contributed by atoms with E-state index in [0.717, 1.165) is 24.6 Å². The lowest BCUT2D eigenvalue weighted by molar-refractivity contribution is -0.137. The molecular weight excluding hydrogens is 276 g/mol. The highest BCUT2D eigenvalue weighted by Gasteiger charge is 2.02. The van der Waals surface area contributed by atoms with E-state index in [0.29, 0.717) is 11.2 Å². The van der Waals surface area contributed by atoms with Gasteiger partial charge >= 0.3 is 5.97 Å². The van der Waals surface area contributed by atoms with Gasteiger partial charge in [-0.3, -0.25) is 4.79 Å². The van der Waals surface area contributed by atoms with Crippen LogP contribution in [0.5, 0.6) is 0 Å². The smallest absolute Gasteiger partial charge is 0.303 e. The Labute approximate surface area is 83.6 Å². The minimum Gasteiger partial charge on any atom is -0.481 e. The summed E-state index contributed by atoms with van der Waals surface area (Å²) in [5.74, 6) is -0.699. The van der Waals surface area contributed by atoms with Gasteiger partial charge in [0.15, 0.2) is 0 Å². The molecule has 66 valence electrons. The standard InChI is InChI=1S/C7H12Br2O2/c8-5-6(9)3-1-2-4-7(10)11/h6H,1-5H2,(H,10,11). The van der Waals surface area contributed by atoms with Crippen LogP contribution in [0.2, 0.25) is 0 Å². The van der Waals surface area contributed by atoms with Gasteiger partial charge in [0.2, 0.25) is 0 Å². The van der Waals surface area contributed by atoms with E-state index >= 15 is 0 Å². The van der Waals surface area contributed by atoms with E-state index < -0.39 is 5.97 Å². The van der Waals surface area contributed by atoms with Crippen molar-refractivity contribution >= 4 is 37.8 Å². The molecular formula is C7H12Br2O2. The van der Waals surface area contributed by atoms with Crippen LogP contribution >= 0.6 is 31.9 Å². The van der Waals surface area contributed by atoms with Crippen LogP contribution in [0, 0.1) is 0 Å². The Balaban J connectivity index is 3.08. The van der Waals surface area contributed by atoms with Crippen molar-refractivity contribution in [1.82, 2.24) is 0 Å². The molecule has 0 fully saturated rings. The average Bonchev–Trinajstić information content (AvgIpc) is 1.97. The summed E-state index contributed by atoms with van der Waals surface area (Å²) in [4.78, 5) is 10.6. The number of aliphatic carboxylic acids is 1. The fraction of sp³-hybridized carbons (Fsp3) is 0.857. The molecule has 11 heavy (non-hydrogen) atoms. The lowest BCUT2D eigenvalue weighted by Crippen LogP contribution is -2.00. The van der Waals surface area contributed by atoms with Crippen LogP contribution in [0.15, 0.2) is 0 Å². The van der Waals surface area contributed by atoms with Gasteiger partial charge in [-0.1, -0.05) is 38.3 Å². The number of carboxylic acids is 1. The van der Waals surface area contributed by atoms with E-state index in [9.17, 15) is 4.79 Å². The summed E-state index contributed by atoms with van der Waals surface area (Å²) in [5, 5.41) is 9.25. The molecule has 1 atom stereocenters. The third-order valence-electron chi connectivity index (χ3n) is 1.33. The topological polar surface area (TPSA) is 37.3 Å². The second-order valence-corrected chi connectivity index (χ2v) is 4.33. The summed E-state index contributed by atoms with van der Waals surface area (Å²) < 4.78 is 0. The fourth-order valence-electron chi connectivity index (χ4n) is 0.719. The quantitative estimate of drug-likeness (QED) is 0.602. The lowest BCUT2D eigenvalue weighted by atomic mass is 10.2. The number of hydrogen-bond acceptors (Lipinski definition) is 1. The van der Waals surface area contributed by atoms with Crippen molar-refractivity contribution in [1.29, 1.82) is 0 Å². The largest absolute Gasteiger partial charge is 0.481 e. The first-order chi connectivity index (χ1) is 5.16. The Morgan fingerprint density at radius 2 is 2.09 bits per heavy atom. The maximum absolute atomic E-state index is 10.1. The molecule has 0 aliphatic rings. The van der Waals surface area contributed by atoms with E-state index in [2.05, 4.69) is 31.9 Å². The van der Waals surface area contributed by atoms with Gasteiger partial charge in [-0.05, 0) is 12.8 Å². The molecule has 0 bridgehead atoms. The Morgan fingerprint density at radius 3 is 2.55 bits per heavy atom.